The van der Waals surface area contributed by atoms with Crippen molar-refractivity contribution in [2.45, 2.75) is 19.4 Å². The predicted molar refractivity (Wildman–Crippen MR) is 67.4 cm³/mol. The van der Waals surface area contributed by atoms with Crippen LogP contribution in [0.1, 0.15) is 23.1 Å². The first-order chi connectivity index (χ1) is 8.63. The molecule has 2 rings (SSSR count). The summed E-state index contributed by atoms with van der Waals surface area (Å²) in [6.07, 6.45) is 1.50. The molecule has 2 heterocycles. The molecule has 2 aromatic heterocycles. The highest BCUT2D eigenvalue weighted by Crippen LogP contribution is 2.29. The van der Waals surface area contributed by atoms with Crippen molar-refractivity contribution in [2.75, 3.05) is 7.11 Å². The molecule has 0 aromatic carbocycles. The van der Waals surface area contributed by atoms with Gasteiger partial charge in [-0.05, 0) is 19.1 Å². The number of ether oxygens (including phenoxy) is 1. The fourth-order valence-corrected chi connectivity index (χ4v) is 2.10. The van der Waals surface area contributed by atoms with Crippen molar-refractivity contribution in [1.82, 2.24) is 14.8 Å². The van der Waals surface area contributed by atoms with Crippen LogP contribution in [0.25, 0.3) is 0 Å². The largest absolute Gasteiger partial charge is 0.481 e. The molecule has 0 saturated carbocycles. The molecule has 0 aliphatic carbocycles. The van der Waals surface area contributed by atoms with Crippen LogP contribution < -0.4 is 4.74 Å². The highest BCUT2D eigenvalue weighted by molar-refractivity contribution is 5.33. The van der Waals surface area contributed by atoms with Gasteiger partial charge in [0, 0.05) is 25.4 Å². The van der Waals surface area contributed by atoms with Gasteiger partial charge < -0.3 is 9.84 Å². The van der Waals surface area contributed by atoms with Gasteiger partial charge in [0.1, 0.15) is 0 Å². The molecular formula is C13H17N3O2. The Balaban J connectivity index is 2.26. The van der Waals surface area contributed by atoms with Crippen molar-refractivity contribution >= 4 is 0 Å². The van der Waals surface area contributed by atoms with Crippen LogP contribution in [0.2, 0.25) is 0 Å². The lowest BCUT2D eigenvalue weighted by molar-refractivity contribution is 0.171. The van der Waals surface area contributed by atoms with E-state index >= 15 is 0 Å². The van der Waals surface area contributed by atoms with Crippen LogP contribution in [0.4, 0.5) is 0 Å². The van der Waals surface area contributed by atoms with Gasteiger partial charge in [0.15, 0.2) is 0 Å². The predicted octanol–water partition coefficient (Wildman–Crippen LogP) is 1.41. The van der Waals surface area contributed by atoms with Crippen molar-refractivity contribution < 1.29 is 9.84 Å². The molecule has 0 amide bonds. The Morgan fingerprint density at radius 3 is 2.83 bits per heavy atom. The van der Waals surface area contributed by atoms with Crippen LogP contribution in [-0.4, -0.2) is 27.0 Å². The molecule has 0 spiro atoms. The van der Waals surface area contributed by atoms with Gasteiger partial charge >= 0.3 is 0 Å². The molecule has 5 nitrogen and oxygen atoms in total. The maximum atomic E-state index is 10.3. The van der Waals surface area contributed by atoms with Crippen molar-refractivity contribution in [3.05, 3.63) is 41.3 Å². The van der Waals surface area contributed by atoms with E-state index in [0.717, 1.165) is 17.0 Å². The van der Waals surface area contributed by atoms with E-state index in [1.807, 2.05) is 25.1 Å². The molecule has 18 heavy (non-hydrogen) atoms. The minimum absolute atomic E-state index is 0.448. The Labute approximate surface area is 106 Å². The van der Waals surface area contributed by atoms with Crippen molar-refractivity contribution in [3.8, 4) is 5.88 Å². The molecule has 0 radical (unpaired) electrons. The lowest BCUT2D eigenvalue weighted by atomic mass is 10.1. The number of methoxy groups -OCH3 is 1. The third-order valence-corrected chi connectivity index (χ3v) is 2.87. The molecule has 1 unspecified atom stereocenters. The first-order valence-corrected chi connectivity index (χ1v) is 5.79. The number of pyridine rings is 1. The first kappa shape index (κ1) is 12.6. The van der Waals surface area contributed by atoms with E-state index in [1.54, 1.807) is 25.0 Å². The second-order valence-electron chi connectivity index (χ2n) is 4.17. The van der Waals surface area contributed by atoms with Crippen LogP contribution in [0.15, 0.2) is 24.4 Å². The molecule has 5 heteroatoms. The van der Waals surface area contributed by atoms with E-state index < -0.39 is 6.10 Å². The molecule has 1 N–H and O–H groups in total. The van der Waals surface area contributed by atoms with Crippen LogP contribution in [0, 0.1) is 6.92 Å². The van der Waals surface area contributed by atoms with Gasteiger partial charge in [0.2, 0.25) is 5.88 Å². The summed E-state index contributed by atoms with van der Waals surface area (Å²) in [5.74, 6) is 0.593. The minimum Gasteiger partial charge on any atom is -0.481 e. The summed E-state index contributed by atoms with van der Waals surface area (Å²) < 4.78 is 6.91. The Hall–Kier alpha value is -1.88. The number of hydrogen-bond donors (Lipinski definition) is 1. The molecule has 96 valence electrons. The molecule has 0 fully saturated rings. The number of aryl methyl sites for hydroxylation is 2. The molecule has 0 bridgehead atoms. The van der Waals surface area contributed by atoms with E-state index in [1.165, 1.54) is 0 Å². The molecule has 0 aliphatic heterocycles. The molecule has 1 atom stereocenters. The Morgan fingerprint density at radius 1 is 1.44 bits per heavy atom. The summed E-state index contributed by atoms with van der Waals surface area (Å²) in [5.41, 5.74) is 2.35. The van der Waals surface area contributed by atoms with Crippen LogP contribution in [0.3, 0.4) is 0 Å². The topological polar surface area (TPSA) is 60.2 Å². The lowest BCUT2D eigenvalue weighted by Crippen LogP contribution is -2.06. The molecular weight excluding hydrogens is 230 g/mol. The van der Waals surface area contributed by atoms with Crippen LogP contribution in [-0.2, 0) is 13.5 Å². The van der Waals surface area contributed by atoms with Gasteiger partial charge in [-0.3, -0.25) is 4.98 Å². The smallest absolute Gasteiger partial charge is 0.217 e. The zero-order valence-corrected chi connectivity index (χ0v) is 10.8. The number of hydrogen-bond acceptors (Lipinski definition) is 4. The second-order valence-corrected chi connectivity index (χ2v) is 4.17. The van der Waals surface area contributed by atoms with Gasteiger partial charge in [0.05, 0.1) is 24.5 Å². The summed E-state index contributed by atoms with van der Waals surface area (Å²) in [6.45, 7) is 1.86. The maximum absolute atomic E-state index is 10.3. The van der Waals surface area contributed by atoms with E-state index in [2.05, 4.69) is 10.1 Å². The average molecular weight is 247 g/mol. The number of aliphatic hydroxyl groups is 1. The van der Waals surface area contributed by atoms with Gasteiger partial charge in [-0.1, -0.05) is 6.07 Å². The second kappa shape index (κ2) is 5.18. The van der Waals surface area contributed by atoms with E-state index in [0.29, 0.717) is 12.3 Å². The monoisotopic (exact) mass is 247 g/mol. The quantitative estimate of drug-likeness (QED) is 0.887. The highest BCUT2D eigenvalue weighted by Gasteiger charge is 2.21. The number of nitrogens with zero attached hydrogens (tertiary/aromatic N) is 3. The maximum Gasteiger partial charge on any atom is 0.217 e. The number of aliphatic hydroxyl groups excluding tert-OH is 1. The average Bonchev–Trinajstić information content (AvgIpc) is 2.64. The van der Waals surface area contributed by atoms with E-state index in [9.17, 15) is 5.11 Å². The van der Waals surface area contributed by atoms with Gasteiger partial charge in [-0.2, -0.15) is 5.10 Å². The number of aromatic nitrogens is 3. The summed E-state index contributed by atoms with van der Waals surface area (Å²) in [6, 6.07) is 5.65. The number of rotatable bonds is 4. The fraction of sp³-hybridized carbons (Fsp3) is 0.385. The fourth-order valence-electron chi connectivity index (χ4n) is 2.10. The Kier molecular flexibility index (Phi) is 3.62. The van der Waals surface area contributed by atoms with Crippen molar-refractivity contribution in [2.24, 2.45) is 7.05 Å². The Bertz CT molecular complexity index is 523. The van der Waals surface area contributed by atoms with Crippen molar-refractivity contribution in [3.63, 3.8) is 0 Å². The first-order valence-electron chi connectivity index (χ1n) is 5.79. The summed E-state index contributed by atoms with van der Waals surface area (Å²) in [5, 5.41) is 14.6. The lowest BCUT2D eigenvalue weighted by Gasteiger charge is -2.11. The van der Waals surface area contributed by atoms with Gasteiger partial charge in [-0.15, -0.1) is 0 Å². The van der Waals surface area contributed by atoms with Crippen LogP contribution in [0.5, 0.6) is 5.88 Å². The van der Waals surface area contributed by atoms with E-state index in [-0.39, 0.29) is 0 Å². The zero-order chi connectivity index (χ0) is 13.1. The third-order valence-electron chi connectivity index (χ3n) is 2.87. The Morgan fingerprint density at radius 2 is 2.22 bits per heavy atom. The zero-order valence-electron chi connectivity index (χ0n) is 10.8. The molecule has 0 saturated heterocycles. The SMILES string of the molecule is COc1c(C(O)Cc2ccccn2)c(C)nn1C. The summed E-state index contributed by atoms with van der Waals surface area (Å²) >= 11 is 0. The van der Waals surface area contributed by atoms with Crippen molar-refractivity contribution in [1.29, 1.82) is 0 Å². The standard InChI is InChI=1S/C13H17N3O2/c1-9-12(13(18-3)16(2)15-9)11(17)8-10-6-4-5-7-14-10/h4-7,11,17H,8H2,1-3H3. The minimum atomic E-state index is -0.663. The van der Waals surface area contributed by atoms with Crippen LogP contribution >= 0.6 is 0 Å². The summed E-state index contributed by atoms with van der Waals surface area (Å²) in [7, 11) is 3.37. The highest BCUT2D eigenvalue weighted by atomic mass is 16.5. The molecule has 2 aromatic rings. The molecule has 0 aliphatic rings. The van der Waals surface area contributed by atoms with Gasteiger partial charge in [0.25, 0.3) is 0 Å². The van der Waals surface area contributed by atoms with Gasteiger partial charge in [-0.25, -0.2) is 4.68 Å². The third kappa shape index (κ3) is 2.36. The van der Waals surface area contributed by atoms with E-state index in [4.69, 9.17) is 4.74 Å². The summed E-state index contributed by atoms with van der Waals surface area (Å²) in [4.78, 5) is 4.21. The normalized spacial score (nSPS) is 12.4.